The molecule has 4 aliphatic carbocycles. The summed E-state index contributed by atoms with van der Waals surface area (Å²) in [6.45, 7) is 10.8. The lowest BCUT2D eigenvalue weighted by atomic mass is 9.47. The molecule has 9 aliphatic rings. The maximum Gasteiger partial charge on any atom is 0.187 e. The van der Waals surface area contributed by atoms with Gasteiger partial charge >= 0.3 is 0 Å². The van der Waals surface area contributed by atoms with Crippen LogP contribution in [0, 0.1) is 34.5 Å². The van der Waals surface area contributed by atoms with Crippen LogP contribution in [0.4, 0.5) is 0 Å². The zero-order valence-electron chi connectivity index (χ0n) is 43.7. The predicted molar refractivity (Wildman–Crippen MR) is 254 cm³/mol. The lowest BCUT2D eigenvalue weighted by Crippen LogP contribution is -2.65. The Morgan fingerprint density at radius 2 is 1.28 bits per heavy atom. The quantitative estimate of drug-likeness (QED) is 0.0951. The summed E-state index contributed by atoms with van der Waals surface area (Å²) in [5.74, 6) is 1.51. The van der Waals surface area contributed by atoms with E-state index in [0.717, 1.165) is 51.4 Å². The van der Waals surface area contributed by atoms with Gasteiger partial charge in [0.1, 0.15) is 79.4 Å². The zero-order valence-corrected chi connectivity index (χ0v) is 43.7. The standard InChI is InChI=1S/C52H86O22/c1-21(68-50-47(43(61)38(56)23(3)69-50)74-49-45(63)42(60)40(58)34(72-49)20-65-48-44(62)41(59)39(57)33(19-53)71-48)28-10-11-29-27-9-8-25-16-26(12-14-51(25,5)30(27)13-15-52(28,29)6)70-36-18-32(64-7)46(24(4)67-36)73-35-17-31(54)37(55)22(2)66-35/h8,21-24,26-50,53-63H,9-20H2,1-7H3. The molecule has 0 aromatic rings. The van der Waals surface area contributed by atoms with Crippen molar-refractivity contribution in [2.24, 2.45) is 34.5 Å². The van der Waals surface area contributed by atoms with Gasteiger partial charge in [-0.1, -0.05) is 25.5 Å². The monoisotopic (exact) mass is 1060 g/mol. The van der Waals surface area contributed by atoms with E-state index in [1.54, 1.807) is 21.0 Å². The Hall–Kier alpha value is -1.14. The minimum atomic E-state index is -1.84. The van der Waals surface area contributed by atoms with Crippen LogP contribution in [0.1, 0.15) is 106 Å². The van der Waals surface area contributed by atoms with Crippen LogP contribution in [-0.4, -0.2) is 230 Å². The number of aliphatic hydroxyl groups excluding tert-OH is 11. The molecule has 0 aromatic carbocycles. The van der Waals surface area contributed by atoms with Crippen molar-refractivity contribution < 1.29 is 108 Å². The fourth-order valence-corrected chi connectivity index (χ4v) is 14.9. The van der Waals surface area contributed by atoms with Crippen LogP contribution in [0.15, 0.2) is 11.6 Å². The second-order valence-electron chi connectivity index (χ2n) is 23.6. The van der Waals surface area contributed by atoms with Crippen LogP contribution >= 0.6 is 0 Å². The number of methoxy groups -OCH3 is 1. The topological polar surface area (TPSA) is 324 Å². The summed E-state index contributed by atoms with van der Waals surface area (Å²) in [5.41, 5.74) is 1.41. The van der Waals surface area contributed by atoms with Crippen molar-refractivity contribution in [3.8, 4) is 0 Å². The molecule has 74 heavy (non-hydrogen) atoms. The molecule has 426 valence electrons. The van der Waals surface area contributed by atoms with Crippen molar-refractivity contribution in [2.45, 2.75) is 259 Å². The maximum atomic E-state index is 11.5. The molecule has 0 bridgehead atoms. The molecule has 5 heterocycles. The van der Waals surface area contributed by atoms with Gasteiger partial charge in [-0.25, -0.2) is 0 Å². The number of hydrogen-bond acceptors (Lipinski definition) is 22. The highest BCUT2D eigenvalue weighted by atomic mass is 16.8. The lowest BCUT2D eigenvalue weighted by molar-refractivity contribution is -0.375. The summed E-state index contributed by atoms with van der Waals surface area (Å²) in [7, 11) is 1.65. The molecule has 5 aliphatic heterocycles. The van der Waals surface area contributed by atoms with Gasteiger partial charge in [-0.2, -0.15) is 0 Å². The average molecular weight is 1060 g/mol. The SMILES string of the molecule is COC1CC(OC2CCC3(C)C(=CCC4C3CCC3(C)C(C(C)OC5OC(C)C(O)C(O)C5OC5OC(COC6OC(CO)C(O)C(O)C6O)C(O)C(O)C5O)CCC43)C2)OC(C)C1OC1CC(O)C(O)C(C)O1. The average Bonchev–Trinajstić information content (AvgIpc) is 3.73. The molecule has 9 rings (SSSR count). The Bertz CT molecular complexity index is 1870. The summed E-state index contributed by atoms with van der Waals surface area (Å²) < 4.78 is 67.1. The van der Waals surface area contributed by atoms with Gasteiger partial charge in [0.15, 0.2) is 31.5 Å². The highest BCUT2D eigenvalue weighted by Crippen LogP contribution is 2.67. The third-order valence-corrected chi connectivity index (χ3v) is 19.3. The van der Waals surface area contributed by atoms with Crippen LogP contribution < -0.4 is 0 Å². The molecule has 31 unspecified atom stereocenters. The first-order chi connectivity index (χ1) is 35.1. The van der Waals surface area contributed by atoms with E-state index in [9.17, 15) is 56.2 Å². The van der Waals surface area contributed by atoms with E-state index in [2.05, 4.69) is 19.9 Å². The van der Waals surface area contributed by atoms with E-state index in [4.69, 9.17) is 52.1 Å². The minimum Gasteiger partial charge on any atom is -0.394 e. The van der Waals surface area contributed by atoms with Gasteiger partial charge < -0.3 is 108 Å². The van der Waals surface area contributed by atoms with E-state index in [1.165, 1.54) is 5.57 Å². The third-order valence-electron chi connectivity index (χ3n) is 19.3. The molecule has 22 nitrogen and oxygen atoms in total. The van der Waals surface area contributed by atoms with Gasteiger partial charge in [0.05, 0.1) is 55.9 Å². The predicted octanol–water partition coefficient (Wildman–Crippen LogP) is -0.777. The molecule has 3 saturated carbocycles. The molecular weight excluding hydrogens is 977 g/mol. The number of hydrogen-bond donors (Lipinski definition) is 11. The molecule has 31 atom stereocenters. The fraction of sp³-hybridized carbons (Fsp3) is 0.962. The maximum absolute atomic E-state index is 11.5. The first-order valence-electron chi connectivity index (χ1n) is 27.2. The molecule has 22 heteroatoms. The Kier molecular flexibility index (Phi) is 18.0. The molecule has 0 aromatic heterocycles. The van der Waals surface area contributed by atoms with E-state index < -0.39 is 148 Å². The summed E-state index contributed by atoms with van der Waals surface area (Å²) >= 11 is 0. The van der Waals surface area contributed by atoms with Crippen LogP contribution in [0.5, 0.6) is 0 Å². The van der Waals surface area contributed by atoms with Gasteiger partial charge in [-0.3, -0.25) is 0 Å². The van der Waals surface area contributed by atoms with Crippen molar-refractivity contribution in [1.29, 1.82) is 0 Å². The highest BCUT2D eigenvalue weighted by Gasteiger charge is 2.61. The van der Waals surface area contributed by atoms with Crippen LogP contribution in [0.3, 0.4) is 0 Å². The van der Waals surface area contributed by atoms with Crippen molar-refractivity contribution >= 4 is 0 Å². The Morgan fingerprint density at radius 1 is 0.622 bits per heavy atom. The van der Waals surface area contributed by atoms with Crippen molar-refractivity contribution in [3.05, 3.63) is 11.6 Å². The summed E-state index contributed by atoms with van der Waals surface area (Å²) in [5, 5.41) is 116. The molecule has 8 fully saturated rings. The van der Waals surface area contributed by atoms with Gasteiger partial charge in [0, 0.05) is 20.0 Å². The summed E-state index contributed by atoms with van der Waals surface area (Å²) in [4.78, 5) is 0. The molecular formula is C52H86O22. The molecule has 0 spiro atoms. The van der Waals surface area contributed by atoms with E-state index in [0.29, 0.717) is 24.2 Å². The van der Waals surface area contributed by atoms with Crippen molar-refractivity contribution in [1.82, 2.24) is 0 Å². The van der Waals surface area contributed by atoms with Crippen LogP contribution in [0.25, 0.3) is 0 Å². The highest BCUT2D eigenvalue weighted by molar-refractivity contribution is 5.25. The largest absolute Gasteiger partial charge is 0.394 e. The molecule has 11 N–H and O–H groups in total. The molecule has 0 amide bonds. The van der Waals surface area contributed by atoms with Crippen molar-refractivity contribution in [2.75, 3.05) is 20.3 Å². The molecule has 0 radical (unpaired) electrons. The zero-order chi connectivity index (χ0) is 53.3. The lowest BCUT2D eigenvalue weighted by Gasteiger charge is -2.58. The van der Waals surface area contributed by atoms with E-state index in [1.807, 2.05) is 13.8 Å². The number of allylic oxidation sites excluding steroid dienone is 1. The first kappa shape index (κ1) is 57.5. The number of ether oxygens (including phenoxy) is 11. The Morgan fingerprint density at radius 3 is 1.99 bits per heavy atom. The van der Waals surface area contributed by atoms with Gasteiger partial charge in [-0.05, 0) is 114 Å². The van der Waals surface area contributed by atoms with Crippen LogP contribution in [-0.2, 0) is 52.1 Å². The Labute approximate surface area is 433 Å². The second kappa shape index (κ2) is 23.1. The number of fused-ring (bicyclic) bond motifs is 5. The van der Waals surface area contributed by atoms with Gasteiger partial charge in [0.2, 0.25) is 0 Å². The van der Waals surface area contributed by atoms with E-state index in [-0.39, 0.29) is 41.5 Å². The smallest absolute Gasteiger partial charge is 0.187 e. The first-order valence-corrected chi connectivity index (χ1v) is 27.2. The number of rotatable bonds is 14. The third kappa shape index (κ3) is 10.9. The summed E-state index contributed by atoms with van der Waals surface area (Å²) in [6, 6.07) is 0. The van der Waals surface area contributed by atoms with Gasteiger partial charge in [-0.15, -0.1) is 0 Å². The number of aliphatic hydroxyl groups is 11. The van der Waals surface area contributed by atoms with E-state index >= 15 is 0 Å². The van der Waals surface area contributed by atoms with Crippen LogP contribution in [0.2, 0.25) is 0 Å². The minimum absolute atomic E-state index is 0.0119. The Balaban J connectivity index is 0.810. The van der Waals surface area contributed by atoms with Gasteiger partial charge in [0.25, 0.3) is 0 Å². The molecule has 5 saturated heterocycles. The summed E-state index contributed by atoms with van der Waals surface area (Å²) in [6.07, 6.45) is -17.5. The normalized spacial score (nSPS) is 54.4. The van der Waals surface area contributed by atoms with Crippen molar-refractivity contribution in [3.63, 3.8) is 0 Å². The second-order valence-corrected chi connectivity index (χ2v) is 23.6. The fourth-order valence-electron chi connectivity index (χ4n) is 14.9.